The van der Waals surface area contributed by atoms with Gasteiger partial charge in [-0.2, -0.15) is 0 Å². The van der Waals surface area contributed by atoms with E-state index in [0.717, 1.165) is 15.9 Å². The Labute approximate surface area is 134 Å². The number of benzene rings is 2. The predicted octanol–water partition coefficient (Wildman–Crippen LogP) is 5.90. The zero-order valence-corrected chi connectivity index (χ0v) is 14.1. The van der Waals surface area contributed by atoms with Gasteiger partial charge in [0.1, 0.15) is 0 Å². The average Bonchev–Trinajstić information content (AvgIpc) is 2.44. The van der Waals surface area contributed by atoms with Crippen LogP contribution in [0.4, 0.5) is 0 Å². The lowest BCUT2D eigenvalue weighted by molar-refractivity contribution is 0.456. The maximum Gasteiger partial charge on any atom is 0.0409 e. The first-order chi connectivity index (χ1) is 9.60. The highest BCUT2D eigenvalue weighted by Gasteiger charge is 2.14. The van der Waals surface area contributed by atoms with E-state index < -0.39 is 0 Å². The molecular weight excluding hydrogens is 334 g/mol. The molecule has 2 rings (SSSR count). The first kappa shape index (κ1) is 15.6. The van der Waals surface area contributed by atoms with E-state index in [1.54, 1.807) is 0 Å². The molecule has 0 aromatic heterocycles. The fraction of sp³-hybridized carbons (Fsp3) is 0.294. The molecule has 0 bridgehead atoms. The van der Waals surface area contributed by atoms with Gasteiger partial charge >= 0.3 is 0 Å². The van der Waals surface area contributed by atoms with E-state index in [-0.39, 0.29) is 6.04 Å². The van der Waals surface area contributed by atoms with Crippen LogP contribution in [0, 0.1) is 0 Å². The van der Waals surface area contributed by atoms with Crippen molar-refractivity contribution in [2.24, 2.45) is 0 Å². The van der Waals surface area contributed by atoms with Gasteiger partial charge in [-0.05, 0) is 48.7 Å². The molecule has 1 N–H and O–H groups in total. The highest BCUT2D eigenvalue weighted by atomic mass is 79.9. The fourth-order valence-electron chi connectivity index (χ4n) is 2.35. The van der Waals surface area contributed by atoms with E-state index in [0.29, 0.717) is 6.04 Å². The van der Waals surface area contributed by atoms with Crippen molar-refractivity contribution in [2.75, 3.05) is 0 Å². The Balaban J connectivity index is 2.14. The van der Waals surface area contributed by atoms with Crippen LogP contribution in [-0.2, 0) is 0 Å². The number of nitrogens with one attached hydrogen (secondary N) is 1. The van der Waals surface area contributed by atoms with Crippen LogP contribution in [0.5, 0.6) is 0 Å². The molecule has 106 valence electrons. The van der Waals surface area contributed by atoms with Crippen molar-refractivity contribution in [1.29, 1.82) is 0 Å². The Morgan fingerprint density at radius 3 is 2.45 bits per heavy atom. The first-order valence-corrected chi connectivity index (χ1v) is 8.04. The van der Waals surface area contributed by atoms with Gasteiger partial charge in [0.2, 0.25) is 0 Å². The third kappa shape index (κ3) is 4.08. The van der Waals surface area contributed by atoms with Gasteiger partial charge in [-0.15, -0.1) is 0 Å². The number of hydrogen-bond acceptors (Lipinski definition) is 1. The smallest absolute Gasteiger partial charge is 0.0409 e. The van der Waals surface area contributed by atoms with Crippen LogP contribution in [0.3, 0.4) is 0 Å². The molecule has 0 amide bonds. The zero-order valence-electron chi connectivity index (χ0n) is 11.7. The summed E-state index contributed by atoms with van der Waals surface area (Å²) in [6.45, 7) is 4.38. The number of hydrogen-bond donors (Lipinski definition) is 1. The standard InChI is InChI=1S/C17H19BrClN/c1-3-17(14-7-5-9-16(19)11-14)20-12(2)13-6-4-8-15(18)10-13/h4-12,17,20H,3H2,1-2H3/t12-,17?/m1/s1. The van der Waals surface area contributed by atoms with E-state index in [9.17, 15) is 0 Å². The van der Waals surface area contributed by atoms with Gasteiger partial charge in [0, 0.05) is 21.6 Å². The van der Waals surface area contributed by atoms with E-state index >= 15 is 0 Å². The lowest BCUT2D eigenvalue weighted by Gasteiger charge is -2.23. The van der Waals surface area contributed by atoms with Crippen molar-refractivity contribution < 1.29 is 0 Å². The summed E-state index contributed by atoms with van der Waals surface area (Å²) in [5.74, 6) is 0. The average molecular weight is 353 g/mol. The van der Waals surface area contributed by atoms with Gasteiger partial charge in [0.25, 0.3) is 0 Å². The summed E-state index contributed by atoms with van der Waals surface area (Å²) in [7, 11) is 0. The summed E-state index contributed by atoms with van der Waals surface area (Å²) >= 11 is 9.61. The SMILES string of the molecule is CCC(N[C@H](C)c1cccc(Br)c1)c1cccc(Cl)c1. The Morgan fingerprint density at radius 2 is 1.80 bits per heavy atom. The molecule has 0 radical (unpaired) electrons. The van der Waals surface area contributed by atoms with Crippen molar-refractivity contribution in [3.8, 4) is 0 Å². The molecule has 2 aromatic rings. The lowest BCUT2D eigenvalue weighted by Crippen LogP contribution is -2.24. The second-order valence-electron chi connectivity index (χ2n) is 4.96. The van der Waals surface area contributed by atoms with E-state index in [1.807, 2.05) is 24.3 Å². The van der Waals surface area contributed by atoms with Gasteiger partial charge in [-0.25, -0.2) is 0 Å². The normalized spacial score (nSPS) is 14.0. The fourth-order valence-corrected chi connectivity index (χ4v) is 2.96. The molecule has 0 saturated heterocycles. The number of halogens is 2. The Bertz CT molecular complexity index is 570. The maximum absolute atomic E-state index is 6.09. The topological polar surface area (TPSA) is 12.0 Å². The molecule has 0 aliphatic rings. The molecule has 2 aromatic carbocycles. The first-order valence-electron chi connectivity index (χ1n) is 6.87. The highest BCUT2D eigenvalue weighted by Crippen LogP contribution is 2.25. The van der Waals surface area contributed by atoms with Crippen LogP contribution in [0.1, 0.15) is 43.5 Å². The minimum absolute atomic E-state index is 0.288. The largest absolute Gasteiger partial charge is 0.303 e. The second-order valence-corrected chi connectivity index (χ2v) is 6.31. The minimum atomic E-state index is 0.288. The third-order valence-electron chi connectivity index (χ3n) is 3.46. The van der Waals surface area contributed by atoms with Crippen molar-refractivity contribution >= 4 is 27.5 Å². The van der Waals surface area contributed by atoms with Crippen LogP contribution in [0.2, 0.25) is 5.02 Å². The van der Waals surface area contributed by atoms with Gasteiger partial charge < -0.3 is 5.32 Å². The summed E-state index contributed by atoms with van der Waals surface area (Å²) in [4.78, 5) is 0. The second kappa shape index (κ2) is 7.26. The summed E-state index contributed by atoms with van der Waals surface area (Å²) < 4.78 is 1.11. The van der Waals surface area contributed by atoms with Gasteiger partial charge in [-0.1, -0.05) is 58.7 Å². The van der Waals surface area contributed by atoms with Crippen LogP contribution in [-0.4, -0.2) is 0 Å². The predicted molar refractivity (Wildman–Crippen MR) is 90.2 cm³/mol. The Morgan fingerprint density at radius 1 is 1.10 bits per heavy atom. The van der Waals surface area contributed by atoms with Crippen molar-refractivity contribution in [3.05, 3.63) is 69.2 Å². The van der Waals surface area contributed by atoms with Gasteiger partial charge in [0.05, 0.1) is 0 Å². The molecule has 0 spiro atoms. The molecule has 20 heavy (non-hydrogen) atoms. The molecular formula is C17H19BrClN. The number of rotatable bonds is 5. The summed E-state index contributed by atoms with van der Waals surface area (Å²) in [5, 5.41) is 4.46. The van der Waals surface area contributed by atoms with Crippen LogP contribution in [0.15, 0.2) is 53.0 Å². The highest BCUT2D eigenvalue weighted by molar-refractivity contribution is 9.10. The minimum Gasteiger partial charge on any atom is -0.303 e. The van der Waals surface area contributed by atoms with Gasteiger partial charge in [-0.3, -0.25) is 0 Å². The van der Waals surface area contributed by atoms with Crippen molar-refractivity contribution in [3.63, 3.8) is 0 Å². The molecule has 0 aliphatic carbocycles. The zero-order chi connectivity index (χ0) is 14.5. The van der Waals surface area contributed by atoms with Crippen LogP contribution >= 0.6 is 27.5 Å². The van der Waals surface area contributed by atoms with Gasteiger partial charge in [0.15, 0.2) is 0 Å². The Kier molecular flexibility index (Phi) is 5.64. The van der Waals surface area contributed by atoms with Crippen molar-refractivity contribution in [1.82, 2.24) is 5.32 Å². The molecule has 0 saturated carbocycles. The molecule has 0 aliphatic heterocycles. The maximum atomic E-state index is 6.09. The summed E-state index contributed by atoms with van der Waals surface area (Å²) in [6.07, 6.45) is 1.03. The summed E-state index contributed by atoms with van der Waals surface area (Å²) in [6, 6.07) is 17.1. The quantitative estimate of drug-likeness (QED) is 0.706. The van der Waals surface area contributed by atoms with Crippen LogP contribution < -0.4 is 5.32 Å². The van der Waals surface area contributed by atoms with E-state index in [1.165, 1.54) is 11.1 Å². The van der Waals surface area contributed by atoms with Crippen LogP contribution in [0.25, 0.3) is 0 Å². The lowest BCUT2D eigenvalue weighted by atomic mass is 10.0. The molecule has 0 heterocycles. The van der Waals surface area contributed by atoms with Crippen molar-refractivity contribution in [2.45, 2.75) is 32.4 Å². The summed E-state index contributed by atoms with van der Waals surface area (Å²) in [5.41, 5.74) is 2.52. The molecule has 2 atom stereocenters. The molecule has 0 fully saturated rings. The third-order valence-corrected chi connectivity index (χ3v) is 4.19. The van der Waals surface area contributed by atoms with E-state index in [4.69, 9.17) is 11.6 Å². The Hall–Kier alpha value is -0.830. The molecule has 1 nitrogen and oxygen atoms in total. The molecule has 1 unspecified atom stereocenters. The van der Waals surface area contributed by atoms with E-state index in [2.05, 4.69) is 59.4 Å². The monoisotopic (exact) mass is 351 g/mol. The molecule has 3 heteroatoms.